The van der Waals surface area contributed by atoms with Gasteiger partial charge in [-0.3, -0.25) is 0 Å². The van der Waals surface area contributed by atoms with Crippen LogP contribution in [0, 0.1) is 0 Å². The summed E-state index contributed by atoms with van der Waals surface area (Å²) >= 11 is 6.32. The number of aromatic nitrogens is 4. The van der Waals surface area contributed by atoms with E-state index in [2.05, 4.69) is 26.8 Å². The number of halogens is 1. The number of rotatable bonds is 3. The zero-order valence-corrected chi connectivity index (χ0v) is 19.2. The molecule has 7 nitrogen and oxygen atoms in total. The Bertz CT molecular complexity index is 1230. The van der Waals surface area contributed by atoms with Gasteiger partial charge >= 0.3 is 0 Å². The molecule has 0 spiro atoms. The maximum atomic E-state index is 12.0. The Kier molecular flexibility index (Phi) is 5.17. The van der Waals surface area contributed by atoms with Crippen molar-refractivity contribution >= 4 is 38.2 Å². The van der Waals surface area contributed by atoms with Crippen LogP contribution in [0.2, 0.25) is 5.15 Å². The molecule has 164 valence electrons. The highest BCUT2D eigenvalue weighted by Crippen LogP contribution is 2.40. The molecule has 0 bridgehead atoms. The molecule has 2 aliphatic rings. The molecule has 0 radical (unpaired) electrons. The van der Waals surface area contributed by atoms with Crippen molar-refractivity contribution in [2.75, 3.05) is 11.2 Å². The molecule has 1 aliphatic carbocycles. The lowest BCUT2D eigenvalue weighted by Gasteiger charge is -2.38. The Hall–Kier alpha value is -2.19. The highest BCUT2D eigenvalue weighted by molar-refractivity contribution is 7.91. The third kappa shape index (κ3) is 3.80. The molecule has 31 heavy (non-hydrogen) atoms. The number of pyridine rings is 1. The van der Waals surface area contributed by atoms with Crippen LogP contribution >= 0.6 is 11.6 Å². The lowest BCUT2D eigenvalue weighted by Crippen LogP contribution is -2.40. The second-order valence-corrected chi connectivity index (χ2v) is 11.6. The van der Waals surface area contributed by atoms with E-state index in [-0.39, 0.29) is 17.2 Å². The maximum Gasteiger partial charge on any atom is 0.150 e. The summed E-state index contributed by atoms with van der Waals surface area (Å²) in [6, 6.07) is 4.22. The van der Waals surface area contributed by atoms with Gasteiger partial charge in [0.15, 0.2) is 0 Å². The third-order valence-corrected chi connectivity index (χ3v) is 8.74. The Morgan fingerprint density at radius 3 is 2.71 bits per heavy atom. The van der Waals surface area contributed by atoms with E-state index in [1.165, 1.54) is 11.8 Å². The number of nitrogens with one attached hydrogen (secondary N) is 1. The fourth-order valence-corrected chi connectivity index (χ4v) is 6.51. The average Bonchev–Trinajstić information content (AvgIpc) is 3.20. The lowest BCUT2D eigenvalue weighted by atomic mass is 9.83. The van der Waals surface area contributed by atoms with Crippen molar-refractivity contribution in [1.82, 2.24) is 19.9 Å². The number of fused-ring (bicyclic) bond motifs is 2. The van der Waals surface area contributed by atoms with E-state index >= 15 is 0 Å². The van der Waals surface area contributed by atoms with E-state index in [4.69, 9.17) is 16.6 Å². The van der Waals surface area contributed by atoms with Gasteiger partial charge < -0.3 is 9.88 Å². The predicted octanol–water partition coefficient (Wildman–Crippen LogP) is 4.03. The van der Waals surface area contributed by atoms with Gasteiger partial charge in [0.2, 0.25) is 0 Å². The van der Waals surface area contributed by atoms with Gasteiger partial charge in [-0.15, -0.1) is 0 Å². The highest BCUT2D eigenvalue weighted by atomic mass is 35.5. The van der Waals surface area contributed by atoms with Crippen molar-refractivity contribution in [3.63, 3.8) is 0 Å². The first-order valence-corrected chi connectivity index (χ1v) is 13.1. The van der Waals surface area contributed by atoms with Gasteiger partial charge in [0.05, 0.1) is 22.3 Å². The molecule has 4 heterocycles. The smallest absolute Gasteiger partial charge is 0.150 e. The van der Waals surface area contributed by atoms with E-state index < -0.39 is 9.84 Å². The monoisotopic (exact) mass is 459 g/mol. The molecule has 3 aromatic heterocycles. The van der Waals surface area contributed by atoms with Gasteiger partial charge in [0.1, 0.15) is 27.0 Å². The number of nitrogens with zero attached hydrogens (tertiary/aromatic N) is 4. The SMILES string of the molecule is C[C@@H]1Cc2ncnc(C3CCC(S(C)(=O)=O)CC3)c2CN1c1cc(Cl)nc2[nH]ccc12. The second-order valence-electron chi connectivity index (χ2n) is 8.87. The largest absolute Gasteiger partial charge is 0.363 e. The molecule has 1 atom stereocenters. The van der Waals surface area contributed by atoms with Crippen molar-refractivity contribution in [3.8, 4) is 0 Å². The van der Waals surface area contributed by atoms with E-state index in [0.717, 1.165) is 47.4 Å². The van der Waals surface area contributed by atoms with Gasteiger partial charge in [-0.25, -0.2) is 23.4 Å². The van der Waals surface area contributed by atoms with Crippen LogP contribution in [0.5, 0.6) is 0 Å². The summed E-state index contributed by atoms with van der Waals surface area (Å²) in [7, 11) is -2.98. The zero-order chi connectivity index (χ0) is 21.8. The summed E-state index contributed by atoms with van der Waals surface area (Å²) in [6.07, 6.45) is 8.83. The standard InChI is InChI=1S/C22H26ClN5O2S/c1-13-9-18-17(11-28(13)19-10-20(23)27-22-16(19)7-8-24-22)21(26-12-25-18)14-3-5-15(6-4-14)31(2,29)30/h7-8,10,12-15H,3-6,9,11H2,1-2H3,(H,24,27)/t13-,14?,15?/m1/s1. The van der Waals surface area contributed by atoms with Crippen LogP contribution in [0.1, 0.15) is 55.5 Å². The number of hydrogen-bond donors (Lipinski definition) is 1. The second kappa shape index (κ2) is 7.74. The van der Waals surface area contributed by atoms with Crippen LogP contribution in [0.25, 0.3) is 11.0 Å². The Morgan fingerprint density at radius 2 is 1.97 bits per heavy atom. The van der Waals surface area contributed by atoms with Gasteiger partial charge in [-0.2, -0.15) is 0 Å². The van der Waals surface area contributed by atoms with Crippen LogP contribution in [-0.4, -0.2) is 45.9 Å². The topological polar surface area (TPSA) is 91.8 Å². The summed E-state index contributed by atoms with van der Waals surface area (Å²) in [5.41, 5.74) is 5.21. The molecule has 1 fully saturated rings. The minimum absolute atomic E-state index is 0.223. The van der Waals surface area contributed by atoms with E-state index in [1.54, 1.807) is 6.33 Å². The van der Waals surface area contributed by atoms with E-state index in [9.17, 15) is 8.42 Å². The molecule has 1 saturated carbocycles. The number of anilines is 1. The minimum atomic E-state index is -2.98. The van der Waals surface area contributed by atoms with Gasteiger partial charge in [0, 0.05) is 48.3 Å². The maximum absolute atomic E-state index is 12.0. The van der Waals surface area contributed by atoms with Crippen molar-refractivity contribution in [2.24, 2.45) is 0 Å². The quantitative estimate of drug-likeness (QED) is 0.594. The average molecular weight is 460 g/mol. The summed E-state index contributed by atoms with van der Waals surface area (Å²) in [6.45, 7) is 2.91. The summed E-state index contributed by atoms with van der Waals surface area (Å²) < 4.78 is 23.9. The van der Waals surface area contributed by atoms with Crippen molar-refractivity contribution in [2.45, 2.75) is 62.8 Å². The predicted molar refractivity (Wildman–Crippen MR) is 122 cm³/mol. The Morgan fingerprint density at radius 1 is 1.19 bits per heavy atom. The van der Waals surface area contributed by atoms with Crippen LogP contribution in [-0.2, 0) is 22.8 Å². The first kappa shape index (κ1) is 20.7. The fourth-order valence-electron chi connectivity index (χ4n) is 5.19. The van der Waals surface area contributed by atoms with Crippen LogP contribution in [0.15, 0.2) is 24.7 Å². The summed E-state index contributed by atoms with van der Waals surface area (Å²) in [4.78, 5) is 19.2. The molecule has 0 amide bonds. The molecule has 3 aromatic rings. The number of sulfone groups is 1. The number of H-pyrrole nitrogens is 1. The Balaban J connectivity index is 1.48. The zero-order valence-electron chi connectivity index (χ0n) is 17.7. The molecule has 1 aliphatic heterocycles. The normalized spacial score (nSPS) is 24.4. The Labute approximate surface area is 187 Å². The van der Waals surface area contributed by atoms with Crippen LogP contribution in [0.3, 0.4) is 0 Å². The molecule has 0 aromatic carbocycles. The summed E-state index contributed by atoms with van der Waals surface area (Å²) in [5.74, 6) is 0.276. The third-order valence-electron chi connectivity index (χ3n) is 6.87. The molecule has 9 heteroatoms. The first-order chi connectivity index (χ1) is 14.8. The van der Waals surface area contributed by atoms with E-state index in [1.807, 2.05) is 18.3 Å². The van der Waals surface area contributed by atoms with E-state index in [0.29, 0.717) is 24.5 Å². The highest BCUT2D eigenvalue weighted by Gasteiger charge is 2.34. The fraction of sp³-hybridized carbons (Fsp3) is 0.500. The van der Waals surface area contributed by atoms with Crippen molar-refractivity contribution in [1.29, 1.82) is 0 Å². The molecular formula is C22H26ClN5O2S. The minimum Gasteiger partial charge on any atom is -0.363 e. The van der Waals surface area contributed by atoms with Crippen LogP contribution in [0.4, 0.5) is 5.69 Å². The molecule has 0 saturated heterocycles. The van der Waals surface area contributed by atoms with Crippen molar-refractivity contribution in [3.05, 3.63) is 46.8 Å². The summed E-state index contributed by atoms with van der Waals surface area (Å²) in [5, 5.41) is 1.29. The number of aromatic amines is 1. The van der Waals surface area contributed by atoms with Gasteiger partial charge in [-0.05, 0) is 44.7 Å². The van der Waals surface area contributed by atoms with Crippen molar-refractivity contribution < 1.29 is 8.42 Å². The first-order valence-electron chi connectivity index (χ1n) is 10.7. The molecule has 5 rings (SSSR count). The molecule has 1 N–H and O–H groups in total. The van der Waals surface area contributed by atoms with Gasteiger partial charge in [0.25, 0.3) is 0 Å². The van der Waals surface area contributed by atoms with Gasteiger partial charge in [-0.1, -0.05) is 11.6 Å². The lowest BCUT2D eigenvalue weighted by molar-refractivity contribution is 0.424. The molecular weight excluding hydrogens is 434 g/mol. The van der Waals surface area contributed by atoms with Crippen LogP contribution < -0.4 is 4.90 Å². The number of hydrogen-bond acceptors (Lipinski definition) is 6. The molecule has 0 unspecified atom stereocenters.